The molecule has 0 saturated carbocycles. The third-order valence-electron chi connectivity index (χ3n) is 3.11. The average molecular weight is 320 g/mol. The highest BCUT2D eigenvalue weighted by atomic mass is 16.5. The zero-order valence-corrected chi connectivity index (χ0v) is 13.6. The maximum absolute atomic E-state index is 5.29. The van der Waals surface area contributed by atoms with Gasteiger partial charge in [0.05, 0.1) is 6.26 Å². The van der Waals surface area contributed by atoms with E-state index in [2.05, 4.69) is 30.8 Å². The normalized spacial score (nSPS) is 11.7. The molecule has 8 nitrogen and oxygen atoms in total. The Morgan fingerprint density at radius 3 is 3.00 bits per heavy atom. The van der Waals surface area contributed by atoms with Gasteiger partial charge in [-0.25, -0.2) is 4.98 Å². The molecule has 23 heavy (non-hydrogen) atoms. The van der Waals surface area contributed by atoms with Crippen molar-refractivity contribution in [2.75, 3.05) is 33.4 Å². The number of aromatic amines is 1. The summed E-state index contributed by atoms with van der Waals surface area (Å²) < 4.78 is 10.6. The van der Waals surface area contributed by atoms with Crippen LogP contribution in [0.1, 0.15) is 19.2 Å². The summed E-state index contributed by atoms with van der Waals surface area (Å²) in [6.45, 7) is 5.04. The summed E-state index contributed by atoms with van der Waals surface area (Å²) in [5, 5.41) is 13.5. The highest BCUT2D eigenvalue weighted by molar-refractivity contribution is 5.79. The summed E-state index contributed by atoms with van der Waals surface area (Å²) >= 11 is 0. The number of hydrogen-bond donors (Lipinski definition) is 3. The molecule has 2 aromatic rings. The van der Waals surface area contributed by atoms with Gasteiger partial charge in [0, 0.05) is 39.8 Å². The molecule has 0 radical (unpaired) electrons. The van der Waals surface area contributed by atoms with Crippen molar-refractivity contribution in [2.24, 2.45) is 4.99 Å². The van der Waals surface area contributed by atoms with Gasteiger partial charge in [0.2, 0.25) is 5.82 Å². The van der Waals surface area contributed by atoms with Gasteiger partial charge in [0.25, 0.3) is 0 Å². The van der Waals surface area contributed by atoms with E-state index in [1.807, 2.05) is 19.1 Å². The molecule has 0 atom stereocenters. The number of guanidine groups is 1. The number of rotatable bonds is 9. The summed E-state index contributed by atoms with van der Waals surface area (Å²) in [7, 11) is 1.75. The van der Waals surface area contributed by atoms with Crippen molar-refractivity contribution in [3.63, 3.8) is 0 Å². The van der Waals surface area contributed by atoms with E-state index >= 15 is 0 Å². The Bertz CT molecular complexity index is 579. The van der Waals surface area contributed by atoms with Crippen LogP contribution in [0.5, 0.6) is 0 Å². The van der Waals surface area contributed by atoms with E-state index in [1.54, 1.807) is 13.3 Å². The van der Waals surface area contributed by atoms with Crippen LogP contribution < -0.4 is 10.6 Å². The molecular weight excluding hydrogens is 296 g/mol. The maximum atomic E-state index is 5.29. The quantitative estimate of drug-likeness (QED) is 0.365. The molecule has 2 aromatic heterocycles. The topological polar surface area (TPSA) is 100 Å². The molecule has 0 spiro atoms. The van der Waals surface area contributed by atoms with E-state index < -0.39 is 0 Å². The van der Waals surface area contributed by atoms with Gasteiger partial charge < -0.3 is 19.8 Å². The molecular formula is C15H24N6O2. The van der Waals surface area contributed by atoms with E-state index in [-0.39, 0.29) is 0 Å². The minimum Gasteiger partial charge on any atom is -0.461 e. The van der Waals surface area contributed by atoms with Gasteiger partial charge in [-0.2, -0.15) is 5.10 Å². The summed E-state index contributed by atoms with van der Waals surface area (Å²) in [5.74, 6) is 2.80. The van der Waals surface area contributed by atoms with Crippen LogP contribution in [0, 0.1) is 0 Å². The number of nitrogens with one attached hydrogen (secondary N) is 3. The van der Waals surface area contributed by atoms with Gasteiger partial charge >= 0.3 is 0 Å². The molecule has 0 fully saturated rings. The number of aromatic nitrogens is 3. The van der Waals surface area contributed by atoms with Crippen LogP contribution in [0.4, 0.5) is 0 Å². The molecule has 0 saturated heterocycles. The van der Waals surface area contributed by atoms with E-state index in [0.29, 0.717) is 24.6 Å². The molecule has 2 heterocycles. The van der Waals surface area contributed by atoms with Crippen LogP contribution in [0.3, 0.4) is 0 Å². The predicted molar refractivity (Wildman–Crippen MR) is 88.3 cm³/mol. The smallest absolute Gasteiger partial charge is 0.216 e. The first-order valence-electron chi connectivity index (χ1n) is 7.81. The van der Waals surface area contributed by atoms with Gasteiger partial charge in [0.15, 0.2) is 11.7 Å². The van der Waals surface area contributed by atoms with Crippen LogP contribution in [0.15, 0.2) is 27.8 Å². The van der Waals surface area contributed by atoms with Crippen molar-refractivity contribution in [3.8, 4) is 11.6 Å². The molecule has 0 aliphatic carbocycles. The minimum absolute atomic E-state index is 0.573. The first-order valence-corrected chi connectivity index (χ1v) is 7.81. The Hall–Kier alpha value is -2.35. The Labute approximate surface area is 135 Å². The lowest BCUT2D eigenvalue weighted by molar-refractivity contribution is 0.145. The molecule has 0 aliphatic heterocycles. The van der Waals surface area contributed by atoms with Gasteiger partial charge in [-0.1, -0.05) is 0 Å². The van der Waals surface area contributed by atoms with Gasteiger partial charge in [-0.05, 0) is 25.5 Å². The lowest BCUT2D eigenvalue weighted by atomic mass is 10.4. The Kier molecular flexibility index (Phi) is 7.12. The van der Waals surface area contributed by atoms with E-state index in [1.165, 1.54) is 0 Å². The van der Waals surface area contributed by atoms with Crippen molar-refractivity contribution in [1.82, 2.24) is 25.8 Å². The first-order chi connectivity index (χ1) is 11.3. The first kappa shape index (κ1) is 17.0. The average Bonchev–Trinajstić information content (AvgIpc) is 3.24. The van der Waals surface area contributed by atoms with E-state index in [4.69, 9.17) is 9.15 Å². The number of hydrogen-bond acceptors (Lipinski definition) is 5. The van der Waals surface area contributed by atoms with Crippen LogP contribution in [-0.2, 0) is 11.2 Å². The van der Waals surface area contributed by atoms with Crippen molar-refractivity contribution in [2.45, 2.75) is 19.8 Å². The molecule has 0 unspecified atom stereocenters. The zero-order chi connectivity index (χ0) is 16.3. The van der Waals surface area contributed by atoms with Crippen molar-refractivity contribution < 1.29 is 9.15 Å². The number of nitrogens with zero attached hydrogens (tertiary/aromatic N) is 3. The van der Waals surface area contributed by atoms with Crippen molar-refractivity contribution in [3.05, 3.63) is 24.2 Å². The van der Waals surface area contributed by atoms with Crippen LogP contribution in [0.2, 0.25) is 0 Å². The number of ether oxygens (including phenoxy) is 1. The fourth-order valence-corrected chi connectivity index (χ4v) is 1.97. The van der Waals surface area contributed by atoms with Gasteiger partial charge in [-0.15, -0.1) is 0 Å². The third kappa shape index (κ3) is 5.74. The number of aliphatic imine (C=N–C) groups is 1. The largest absolute Gasteiger partial charge is 0.461 e. The van der Waals surface area contributed by atoms with Crippen molar-refractivity contribution in [1.29, 1.82) is 0 Å². The Balaban J connectivity index is 1.67. The third-order valence-corrected chi connectivity index (χ3v) is 3.11. The summed E-state index contributed by atoms with van der Waals surface area (Å²) in [6.07, 6.45) is 3.27. The monoisotopic (exact) mass is 320 g/mol. The highest BCUT2D eigenvalue weighted by Crippen LogP contribution is 2.14. The van der Waals surface area contributed by atoms with Crippen LogP contribution in [0.25, 0.3) is 11.6 Å². The fourth-order valence-electron chi connectivity index (χ4n) is 1.97. The summed E-state index contributed by atoms with van der Waals surface area (Å²) in [4.78, 5) is 8.57. The molecule has 0 aromatic carbocycles. The fraction of sp³-hybridized carbons (Fsp3) is 0.533. The molecule has 0 aliphatic rings. The highest BCUT2D eigenvalue weighted by Gasteiger charge is 2.08. The summed E-state index contributed by atoms with van der Waals surface area (Å²) in [6, 6.07) is 3.65. The zero-order valence-electron chi connectivity index (χ0n) is 13.6. The van der Waals surface area contributed by atoms with Crippen molar-refractivity contribution >= 4 is 5.96 Å². The van der Waals surface area contributed by atoms with Gasteiger partial charge in [0.1, 0.15) is 5.82 Å². The van der Waals surface area contributed by atoms with Crippen LogP contribution >= 0.6 is 0 Å². The molecule has 0 amide bonds. The summed E-state index contributed by atoms with van der Waals surface area (Å²) in [5.41, 5.74) is 0. The second-order valence-electron chi connectivity index (χ2n) is 4.81. The second-order valence-corrected chi connectivity index (χ2v) is 4.81. The lowest BCUT2D eigenvalue weighted by Crippen LogP contribution is -2.39. The lowest BCUT2D eigenvalue weighted by Gasteiger charge is -2.11. The number of H-pyrrole nitrogens is 1. The molecule has 3 N–H and O–H groups in total. The predicted octanol–water partition coefficient (Wildman–Crippen LogP) is 1.20. The SMILES string of the molecule is CCOCCCNC(=NC)NCCc1nc(-c2ccco2)n[nH]1. The van der Waals surface area contributed by atoms with Crippen LogP contribution in [-0.4, -0.2) is 54.5 Å². The molecule has 126 valence electrons. The van der Waals surface area contributed by atoms with Gasteiger partial charge in [-0.3, -0.25) is 10.1 Å². The molecule has 0 bridgehead atoms. The molecule has 8 heteroatoms. The number of furan rings is 1. The minimum atomic E-state index is 0.573. The van der Waals surface area contributed by atoms with E-state index in [9.17, 15) is 0 Å². The second kappa shape index (κ2) is 9.62. The molecule has 2 rings (SSSR count). The maximum Gasteiger partial charge on any atom is 0.216 e. The van der Waals surface area contributed by atoms with E-state index in [0.717, 1.165) is 38.0 Å². The Morgan fingerprint density at radius 1 is 1.39 bits per heavy atom. The Morgan fingerprint density at radius 2 is 2.26 bits per heavy atom. The standard InChI is InChI=1S/C15H24N6O2/c1-3-22-10-5-8-17-15(16-2)18-9-7-13-19-14(21-20-13)12-6-4-11-23-12/h4,6,11H,3,5,7-10H2,1-2H3,(H2,16,17,18)(H,19,20,21).